The number of amides is 2. The molecule has 38 heavy (non-hydrogen) atoms. The van der Waals surface area contributed by atoms with E-state index in [0.29, 0.717) is 59.7 Å². The van der Waals surface area contributed by atoms with Gasteiger partial charge in [-0.2, -0.15) is 0 Å². The molecule has 0 spiro atoms. The molecule has 0 saturated heterocycles. The van der Waals surface area contributed by atoms with Crippen LogP contribution in [0.15, 0.2) is 66.7 Å². The van der Waals surface area contributed by atoms with Crippen molar-refractivity contribution in [2.45, 2.75) is 45.2 Å². The molecule has 0 bridgehead atoms. The molecule has 0 fully saturated rings. The first-order chi connectivity index (χ1) is 18.5. The molecule has 8 heteroatoms. The number of hydrogen-bond acceptors (Lipinski definition) is 4. The molecular formula is C30H32Cl2N2O4. The minimum absolute atomic E-state index is 0.121. The Hall–Kier alpha value is -3.22. The van der Waals surface area contributed by atoms with Gasteiger partial charge in [0, 0.05) is 41.5 Å². The van der Waals surface area contributed by atoms with Crippen molar-refractivity contribution < 1.29 is 19.1 Å². The third kappa shape index (κ3) is 7.21. The molecule has 1 aliphatic heterocycles. The lowest BCUT2D eigenvalue weighted by Gasteiger charge is -2.32. The lowest BCUT2D eigenvalue weighted by molar-refractivity contribution is -0.141. The summed E-state index contributed by atoms with van der Waals surface area (Å²) in [4.78, 5) is 28.9. The van der Waals surface area contributed by atoms with Gasteiger partial charge in [0.1, 0.15) is 19.3 Å². The molecule has 1 aliphatic rings. The maximum absolute atomic E-state index is 13.8. The average Bonchev–Trinajstić information content (AvgIpc) is 2.94. The number of fused-ring (bicyclic) bond motifs is 1. The van der Waals surface area contributed by atoms with Crippen LogP contribution in [0.2, 0.25) is 10.0 Å². The Bertz CT molecular complexity index is 1230. The van der Waals surface area contributed by atoms with E-state index in [2.05, 4.69) is 5.32 Å². The van der Waals surface area contributed by atoms with E-state index in [4.69, 9.17) is 32.7 Å². The van der Waals surface area contributed by atoms with Crippen LogP contribution in [0.25, 0.3) is 0 Å². The number of halogens is 2. The first-order valence-corrected chi connectivity index (χ1v) is 13.6. The molecule has 0 aliphatic carbocycles. The molecule has 1 unspecified atom stereocenters. The number of ether oxygens (including phenoxy) is 2. The average molecular weight is 556 g/mol. The van der Waals surface area contributed by atoms with Crippen LogP contribution in [-0.4, -0.2) is 42.5 Å². The molecule has 1 atom stereocenters. The van der Waals surface area contributed by atoms with Crippen molar-refractivity contribution in [3.8, 4) is 11.5 Å². The molecule has 1 N–H and O–H groups in total. The molecule has 0 aromatic heterocycles. The second-order valence-corrected chi connectivity index (χ2v) is 10.0. The van der Waals surface area contributed by atoms with Gasteiger partial charge in [-0.25, -0.2) is 0 Å². The normalized spacial score (nSPS) is 13.0. The van der Waals surface area contributed by atoms with Crippen LogP contribution in [-0.2, 0) is 29.0 Å². The van der Waals surface area contributed by atoms with Crippen molar-refractivity contribution in [2.75, 3.05) is 19.8 Å². The quantitative estimate of drug-likeness (QED) is 0.322. The lowest BCUT2D eigenvalue weighted by atomic mass is 10.0. The molecule has 0 saturated carbocycles. The van der Waals surface area contributed by atoms with Crippen LogP contribution in [0.4, 0.5) is 0 Å². The van der Waals surface area contributed by atoms with E-state index in [1.807, 2.05) is 55.5 Å². The molecule has 0 radical (unpaired) electrons. The Labute approximate surface area is 233 Å². The van der Waals surface area contributed by atoms with Crippen molar-refractivity contribution in [3.05, 3.63) is 93.5 Å². The van der Waals surface area contributed by atoms with E-state index < -0.39 is 6.04 Å². The zero-order valence-electron chi connectivity index (χ0n) is 21.4. The fraction of sp³-hybridized carbons (Fsp3) is 0.333. The van der Waals surface area contributed by atoms with Crippen LogP contribution < -0.4 is 14.8 Å². The van der Waals surface area contributed by atoms with Gasteiger partial charge in [0.15, 0.2) is 11.5 Å². The summed E-state index contributed by atoms with van der Waals surface area (Å²) in [5.74, 6) is 1.02. The molecular weight excluding hydrogens is 523 g/mol. The topological polar surface area (TPSA) is 67.9 Å². The Morgan fingerprint density at radius 3 is 2.34 bits per heavy atom. The van der Waals surface area contributed by atoms with Crippen molar-refractivity contribution >= 4 is 35.0 Å². The molecule has 4 rings (SSSR count). The summed E-state index contributed by atoms with van der Waals surface area (Å²) in [7, 11) is 0. The van der Waals surface area contributed by atoms with Gasteiger partial charge in [-0.3, -0.25) is 9.59 Å². The smallest absolute Gasteiger partial charge is 0.243 e. The van der Waals surface area contributed by atoms with E-state index in [1.54, 1.807) is 23.1 Å². The summed E-state index contributed by atoms with van der Waals surface area (Å²) in [6, 6.07) is 19.9. The first kappa shape index (κ1) is 27.8. The molecule has 6 nitrogen and oxygen atoms in total. The highest BCUT2D eigenvalue weighted by Gasteiger charge is 2.31. The van der Waals surface area contributed by atoms with E-state index in [1.165, 1.54) is 0 Å². The molecule has 1 heterocycles. The summed E-state index contributed by atoms with van der Waals surface area (Å²) in [5.41, 5.74) is 2.53. The fourth-order valence-electron chi connectivity index (χ4n) is 4.41. The summed E-state index contributed by atoms with van der Waals surface area (Å²) in [5, 5.41) is 3.89. The van der Waals surface area contributed by atoms with Crippen LogP contribution in [0.5, 0.6) is 11.5 Å². The summed E-state index contributed by atoms with van der Waals surface area (Å²) < 4.78 is 11.3. The van der Waals surface area contributed by atoms with Crippen molar-refractivity contribution in [1.29, 1.82) is 0 Å². The highest BCUT2D eigenvalue weighted by molar-refractivity contribution is 6.36. The van der Waals surface area contributed by atoms with Gasteiger partial charge in [0.05, 0.1) is 0 Å². The van der Waals surface area contributed by atoms with Crippen LogP contribution in [0.1, 0.15) is 36.5 Å². The van der Waals surface area contributed by atoms with E-state index in [9.17, 15) is 9.59 Å². The number of rotatable bonds is 11. The Morgan fingerprint density at radius 2 is 1.63 bits per heavy atom. The number of carbonyl (C=O) groups excluding carboxylic acids is 2. The zero-order chi connectivity index (χ0) is 26.9. The van der Waals surface area contributed by atoms with Crippen LogP contribution in [0.3, 0.4) is 0 Å². The molecule has 2 amide bonds. The van der Waals surface area contributed by atoms with Crippen molar-refractivity contribution in [2.24, 2.45) is 0 Å². The standard InChI is InChI=1S/C30H32Cl2N2O4/c1-2-15-33-30(36)26(18-21-7-4-3-5-8-21)34(20-23-24(31)9-6-10-25(23)32)29(35)14-12-22-11-13-27-28(19-22)38-17-16-37-27/h3-11,13,19,26H,2,12,14-18,20H2,1H3,(H,33,36). The highest BCUT2D eigenvalue weighted by atomic mass is 35.5. The predicted molar refractivity (Wildman–Crippen MR) is 150 cm³/mol. The SMILES string of the molecule is CCCNC(=O)C(Cc1ccccc1)N(Cc1c(Cl)cccc1Cl)C(=O)CCc1ccc2c(c1)OCCO2. The van der Waals surface area contributed by atoms with Gasteiger partial charge in [0.25, 0.3) is 0 Å². The third-order valence-corrected chi connectivity index (χ3v) is 7.15. The largest absolute Gasteiger partial charge is 0.486 e. The highest BCUT2D eigenvalue weighted by Crippen LogP contribution is 2.32. The maximum atomic E-state index is 13.8. The van der Waals surface area contributed by atoms with Gasteiger partial charge in [0.2, 0.25) is 11.8 Å². The lowest BCUT2D eigenvalue weighted by Crippen LogP contribution is -2.50. The Kier molecular flexibility index (Phi) is 9.91. The Balaban J connectivity index is 1.62. The van der Waals surface area contributed by atoms with E-state index in [0.717, 1.165) is 17.5 Å². The number of benzene rings is 3. The van der Waals surface area contributed by atoms with E-state index >= 15 is 0 Å². The number of hydrogen-bond donors (Lipinski definition) is 1. The number of nitrogens with one attached hydrogen (secondary N) is 1. The van der Waals surface area contributed by atoms with Gasteiger partial charge < -0.3 is 19.7 Å². The van der Waals surface area contributed by atoms with Gasteiger partial charge in [-0.1, -0.05) is 72.6 Å². The summed E-state index contributed by atoms with van der Waals surface area (Å²) in [6.07, 6.45) is 1.84. The second-order valence-electron chi connectivity index (χ2n) is 9.20. The van der Waals surface area contributed by atoms with Crippen LogP contribution in [0, 0.1) is 0 Å². The summed E-state index contributed by atoms with van der Waals surface area (Å²) >= 11 is 13.0. The zero-order valence-corrected chi connectivity index (χ0v) is 22.9. The van der Waals surface area contributed by atoms with Crippen molar-refractivity contribution in [3.63, 3.8) is 0 Å². The van der Waals surface area contributed by atoms with Gasteiger partial charge >= 0.3 is 0 Å². The third-order valence-electron chi connectivity index (χ3n) is 6.44. The Morgan fingerprint density at radius 1 is 0.921 bits per heavy atom. The number of nitrogens with zero attached hydrogens (tertiary/aromatic N) is 1. The van der Waals surface area contributed by atoms with Gasteiger partial charge in [-0.05, 0) is 48.2 Å². The van der Waals surface area contributed by atoms with Crippen LogP contribution >= 0.6 is 23.2 Å². The number of carbonyl (C=O) groups is 2. The predicted octanol–water partition coefficient (Wildman–Crippen LogP) is 5.86. The molecule has 3 aromatic rings. The first-order valence-electron chi connectivity index (χ1n) is 12.9. The number of aryl methyl sites for hydroxylation is 1. The van der Waals surface area contributed by atoms with Gasteiger partial charge in [-0.15, -0.1) is 0 Å². The second kappa shape index (κ2) is 13.5. The molecule has 3 aromatic carbocycles. The van der Waals surface area contributed by atoms with E-state index in [-0.39, 0.29) is 24.8 Å². The minimum atomic E-state index is -0.732. The fourth-order valence-corrected chi connectivity index (χ4v) is 4.93. The monoisotopic (exact) mass is 554 g/mol. The van der Waals surface area contributed by atoms with Crippen molar-refractivity contribution in [1.82, 2.24) is 10.2 Å². The minimum Gasteiger partial charge on any atom is -0.486 e. The molecule has 200 valence electrons. The summed E-state index contributed by atoms with van der Waals surface area (Å²) in [6.45, 7) is 3.65. The maximum Gasteiger partial charge on any atom is 0.243 e.